The topological polar surface area (TPSA) is 110 Å². The monoisotopic (exact) mass is 613 g/mol. The number of piperazine rings is 1. The molecule has 6 rings (SSSR count). The summed E-state index contributed by atoms with van der Waals surface area (Å²) in [5.74, 6) is -0.843. The van der Waals surface area contributed by atoms with Crippen molar-refractivity contribution >= 4 is 33.7 Å². The third-order valence-electron chi connectivity index (χ3n) is 8.30. The zero-order valence-corrected chi connectivity index (χ0v) is 25.8. The van der Waals surface area contributed by atoms with Crippen LogP contribution >= 0.6 is 0 Å². The van der Waals surface area contributed by atoms with Crippen molar-refractivity contribution in [3.05, 3.63) is 88.1 Å². The highest BCUT2D eigenvalue weighted by Crippen LogP contribution is 2.36. The number of hydrogen-bond acceptors (Lipinski definition) is 8. The average molecular weight is 614 g/mol. The van der Waals surface area contributed by atoms with Crippen LogP contribution in [0.4, 0.5) is 14.6 Å². The second-order valence-corrected chi connectivity index (χ2v) is 11.7. The van der Waals surface area contributed by atoms with Gasteiger partial charge in [0.15, 0.2) is 5.82 Å². The van der Waals surface area contributed by atoms with Crippen molar-refractivity contribution in [1.82, 2.24) is 29.4 Å². The number of halogens is 2. The van der Waals surface area contributed by atoms with E-state index >= 15 is 8.78 Å². The molecule has 45 heavy (non-hydrogen) atoms. The Kier molecular flexibility index (Phi) is 7.67. The number of furan rings is 1. The van der Waals surface area contributed by atoms with E-state index in [0.717, 1.165) is 11.3 Å². The lowest BCUT2D eigenvalue weighted by Gasteiger charge is -2.40. The molecule has 0 N–H and O–H groups in total. The molecule has 1 amide bonds. The maximum absolute atomic E-state index is 16.1. The molecule has 1 fully saturated rings. The van der Waals surface area contributed by atoms with E-state index in [1.165, 1.54) is 29.0 Å². The van der Waals surface area contributed by atoms with Gasteiger partial charge >= 0.3 is 5.69 Å². The second-order valence-electron chi connectivity index (χ2n) is 11.7. The van der Waals surface area contributed by atoms with Crippen LogP contribution in [0, 0.1) is 25.5 Å². The summed E-state index contributed by atoms with van der Waals surface area (Å²) >= 11 is 0. The fourth-order valence-electron chi connectivity index (χ4n) is 6.11. The number of fused-ring (bicyclic) bond motifs is 2. The number of nitrogens with zero attached hydrogens (tertiary/aromatic N) is 7. The van der Waals surface area contributed by atoms with Crippen molar-refractivity contribution in [2.75, 3.05) is 24.5 Å². The van der Waals surface area contributed by atoms with Gasteiger partial charge in [0.2, 0.25) is 5.91 Å². The molecule has 5 heterocycles. The molecule has 4 aromatic heterocycles. The number of hydrogen-bond donors (Lipinski definition) is 0. The number of carbonyl (C=O) groups excluding carboxylic acids is 1. The SMILES string of the molecule is C=CC(=O)N1CCN(c2nc(=O)n(Cc3c(C)nc(C)nc3C(C)C)c3nc(-c4c(F)ccc5ccoc45)c(F)cc23)[C@@H](C)C1. The third-order valence-corrected chi connectivity index (χ3v) is 8.30. The zero-order chi connectivity index (χ0) is 32.2. The van der Waals surface area contributed by atoms with Crippen molar-refractivity contribution < 1.29 is 18.0 Å². The van der Waals surface area contributed by atoms with Crippen LogP contribution in [0.1, 0.15) is 49.5 Å². The number of rotatable bonds is 6. The van der Waals surface area contributed by atoms with E-state index in [1.54, 1.807) is 17.0 Å². The first kappa shape index (κ1) is 30.0. The van der Waals surface area contributed by atoms with Crippen molar-refractivity contribution in [2.45, 2.75) is 53.1 Å². The van der Waals surface area contributed by atoms with Gasteiger partial charge in [0.25, 0.3) is 0 Å². The Morgan fingerprint density at radius 1 is 1.11 bits per heavy atom. The maximum atomic E-state index is 16.1. The Morgan fingerprint density at radius 2 is 1.89 bits per heavy atom. The Hall–Kier alpha value is -5.00. The van der Waals surface area contributed by atoms with Crippen LogP contribution in [0.15, 0.2) is 52.4 Å². The van der Waals surface area contributed by atoms with Gasteiger partial charge in [0.1, 0.15) is 34.4 Å². The summed E-state index contributed by atoms with van der Waals surface area (Å²) in [5.41, 5.74) is 1.41. The molecular weight excluding hydrogens is 580 g/mol. The Balaban J connectivity index is 1.60. The average Bonchev–Trinajstić information content (AvgIpc) is 3.48. The predicted octanol–water partition coefficient (Wildman–Crippen LogP) is 5.28. The molecule has 0 unspecified atom stereocenters. The number of amides is 1. The summed E-state index contributed by atoms with van der Waals surface area (Å²) in [6.07, 6.45) is 2.66. The van der Waals surface area contributed by atoms with Crippen molar-refractivity contribution in [1.29, 1.82) is 0 Å². The van der Waals surface area contributed by atoms with Gasteiger partial charge in [-0.05, 0) is 57.0 Å². The molecule has 5 aromatic rings. The number of aryl methyl sites for hydroxylation is 2. The van der Waals surface area contributed by atoms with Crippen LogP contribution < -0.4 is 10.6 Å². The molecule has 1 saturated heterocycles. The lowest BCUT2D eigenvalue weighted by Crippen LogP contribution is -2.54. The fourth-order valence-corrected chi connectivity index (χ4v) is 6.11. The van der Waals surface area contributed by atoms with E-state index in [0.29, 0.717) is 36.5 Å². The first-order chi connectivity index (χ1) is 21.5. The van der Waals surface area contributed by atoms with Crippen molar-refractivity contribution in [3.8, 4) is 11.3 Å². The van der Waals surface area contributed by atoms with Crippen molar-refractivity contribution in [3.63, 3.8) is 0 Å². The van der Waals surface area contributed by atoms with E-state index < -0.39 is 17.3 Å². The molecule has 232 valence electrons. The Labute approximate surface area is 258 Å². The number of carbonyl (C=O) groups is 1. The van der Waals surface area contributed by atoms with Crippen LogP contribution in [-0.4, -0.2) is 61.0 Å². The van der Waals surface area contributed by atoms with E-state index in [-0.39, 0.29) is 58.1 Å². The molecule has 1 aliphatic rings. The quantitative estimate of drug-likeness (QED) is 0.238. The lowest BCUT2D eigenvalue weighted by atomic mass is 10.0. The summed E-state index contributed by atoms with van der Waals surface area (Å²) in [4.78, 5) is 48.1. The summed E-state index contributed by atoms with van der Waals surface area (Å²) in [5, 5.41) is 0.852. The Bertz CT molecular complexity index is 2050. The minimum Gasteiger partial charge on any atom is -0.464 e. The molecule has 0 saturated carbocycles. The molecule has 0 spiro atoms. The summed E-state index contributed by atoms with van der Waals surface area (Å²) in [7, 11) is 0. The van der Waals surface area contributed by atoms with Gasteiger partial charge in [-0.3, -0.25) is 9.36 Å². The van der Waals surface area contributed by atoms with Crippen LogP contribution in [0.2, 0.25) is 0 Å². The fraction of sp³-hybridized carbons (Fsp3) is 0.333. The van der Waals surface area contributed by atoms with E-state index in [4.69, 9.17) is 4.42 Å². The number of aromatic nitrogens is 5. The molecule has 1 atom stereocenters. The lowest BCUT2D eigenvalue weighted by molar-refractivity contribution is -0.126. The predicted molar refractivity (Wildman–Crippen MR) is 167 cm³/mol. The third kappa shape index (κ3) is 5.23. The van der Waals surface area contributed by atoms with Crippen molar-refractivity contribution in [2.24, 2.45) is 0 Å². The minimum absolute atomic E-state index is 0.0188. The van der Waals surface area contributed by atoms with Gasteiger partial charge in [0, 0.05) is 42.3 Å². The standard InChI is InChI=1S/C33H33F2N7O3/c1-7-26(43)40-11-12-41(18(4)15-40)32-22-14-25(35)29(27-24(34)9-8-21-10-13-45-30(21)27)38-31(22)42(33(44)39-32)16-23-19(5)36-20(6)37-28(23)17(2)3/h7-10,13-14,17-18H,1,11-12,15-16H2,2-6H3/t18-/m0/s1. The van der Waals surface area contributed by atoms with Crippen LogP contribution in [0.25, 0.3) is 33.3 Å². The molecule has 12 heteroatoms. The highest BCUT2D eigenvalue weighted by atomic mass is 19.1. The van der Waals surface area contributed by atoms with Gasteiger partial charge < -0.3 is 14.2 Å². The van der Waals surface area contributed by atoms with Gasteiger partial charge in [-0.1, -0.05) is 20.4 Å². The van der Waals surface area contributed by atoms with Gasteiger partial charge in [0.05, 0.1) is 29.5 Å². The normalized spacial score (nSPS) is 15.4. The minimum atomic E-state index is -0.801. The highest BCUT2D eigenvalue weighted by molar-refractivity contribution is 5.95. The van der Waals surface area contributed by atoms with E-state index in [2.05, 4.69) is 26.5 Å². The van der Waals surface area contributed by atoms with Crippen LogP contribution in [-0.2, 0) is 11.3 Å². The summed E-state index contributed by atoms with van der Waals surface area (Å²) in [6.45, 7) is 14.2. The summed E-state index contributed by atoms with van der Waals surface area (Å²) < 4.78 is 38.4. The smallest absolute Gasteiger partial charge is 0.351 e. The first-order valence-electron chi connectivity index (χ1n) is 14.8. The molecule has 1 aromatic carbocycles. The van der Waals surface area contributed by atoms with Crippen LogP contribution in [0.5, 0.6) is 0 Å². The highest BCUT2D eigenvalue weighted by Gasteiger charge is 2.30. The van der Waals surface area contributed by atoms with Gasteiger partial charge in [-0.2, -0.15) is 4.98 Å². The van der Waals surface area contributed by atoms with Crippen LogP contribution in [0.3, 0.4) is 0 Å². The van der Waals surface area contributed by atoms with Gasteiger partial charge in [-0.25, -0.2) is 28.5 Å². The number of anilines is 1. The molecule has 10 nitrogen and oxygen atoms in total. The number of pyridine rings is 1. The molecule has 0 aliphatic carbocycles. The van der Waals surface area contributed by atoms with Gasteiger partial charge in [-0.15, -0.1) is 0 Å². The molecule has 1 aliphatic heterocycles. The maximum Gasteiger partial charge on any atom is 0.351 e. The first-order valence-corrected chi connectivity index (χ1v) is 14.8. The molecule has 0 bridgehead atoms. The largest absolute Gasteiger partial charge is 0.464 e. The second kappa shape index (κ2) is 11.5. The number of benzene rings is 1. The van der Waals surface area contributed by atoms with E-state index in [1.807, 2.05) is 39.5 Å². The molecule has 0 radical (unpaired) electrons. The van der Waals surface area contributed by atoms with E-state index in [9.17, 15) is 9.59 Å². The zero-order valence-electron chi connectivity index (χ0n) is 25.8. The summed E-state index contributed by atoms with van der Waals surface area (Å²) in [6, 6.07) is 5.41. The Morgan fingerprint density at radius 3 is 2.60 bits per heavy atom. The molecular formula is C33H33F2N7O3.